The number of nitrogens with two attached hydrogens (primary N) is 2. The highest BCUT2D eigenvalue weighted by Crippen LogP contribution is 2.28. The number of ether oxygens (including phenoxy) is 2. The minimum absolute atomic E-state index is 0.538. The molecule has 0 fully saturated rings. The number of nitrogens with zero attached hydrogens (tertiary/aromatic N) is 2. The van der Waals surface area contributed by atoms with Crippen molar-refractivity contribution in [2.24, 2.45) is 0 Å². The van der Waals surface area contributed by atoms with Crippen LogP contribution in [0.5, 0.6) is 23.0 Å². The van der Waals surface area contributed by atoms with E-state index in [0.29, 0.717) is 34.4 Å². The maximum Gasteiger partial charge on any atom is 0.147 e. The Balaban J connectivity index is 1.78. The van der Waals surface area contributed by atoms with Crippen LogP contribution in [0.15, 0.2) is 61.2 Å². The summed E-state index contributed by atoms with van der Waals surface area (Å²) in [5, 5.41) is 0. The molecule has 0 radical (unpaired) electrons. The summed E-state index contributed by atoms with van der Waals surface area (Å²) in [6.07, 6.45) is 6.29. The fourth-order valence-corrected chi connectivity index (χ4v) is 1.86. The van der Waals surface area contributed by atoms with E-state index in [0.717, 1.165) is 0 Å². The molecule has 0 saturated carbocycles. The summed E-state index contributed by atoms with van der Waals surface area (Å²) in [4.78, 5) is 7.95. The van der Waals surface area contributed by atoms with E-state index >= 15 is 0 Å². The molecular formula is C16H14N4O2. The maximum absolute atomic E-state index is 5.70. The average molecular weight is 294 g/mol. The second-order valence-electron chi connectivity index (χ2n) is 4.59. The zero-order chi connectivity index (χ0) is 15.4. The zero-order valence-electron chi connectivity index (χ0n) is 11.6. The first-order chi connectivity index (χ1) is 10.7. The molecule has 1 aromatic carbocycles. The summed E-state index contributed by atoms with van der Waals surface area (Å²) < 4.78 is 11.4. The molecule has 4 N–H and O–H groups in total. The van der Waals surface area contributed by atoms with Gasteiger partial charge in [0.05, 0.1) is 36.2 Å². The van der Waals surface area contributed by atoms with Gasteiger partial charge in [-0.3, -0.25) is 9.97 Å². The Morgan fingerprint density at radius 2 is 1.14 bits per heavy atom. The van der Waals surface area contributed by atoms with E-state index in [1.807, 2.05) is 18.2 Å². The lowest BCUT2D eigenvalue weighted by Crippen LogP contribution is -1.91. The Morgan fingerprint density at radius 1 is 0.636 bits per heavy atom. The van der Waals surface area contributed by atoms with Crippen LogP contribution in [0, 0.1) is 0 Å². The van der Waals surface area contributed by atoms with Gasteiger partial charge in [-0.1, -0.05) is 6.07 Å². The summed E-state index contributed by atoms with van der Waals surface area (Å²) in [5.74, 6) is 2.34. The fraction of sp³-hybridized carbons (Fsp3) is 0. The normalized spacial score (nSPS) is 10.2. The third-order valence-corrected chi connectivity index (χ3v) is 2.75. The van der Waals surface area contributed by atoms with Crippen LogP contribution in [-0.4, -0.2) is 9.97 Å². The van der Waals surface area contributed by atoms with Gasteiger partial charge in [0.15, 0.2) is 0 Å². The first-order valence-corrected chi connectivity index (χ1v) is 6.56. The van der Waals surface area contributed by atoms with E-state index < -0.39 is 0 Å². The van der Waals surface area contributed by atoms with Crippen molar-refractivity contribution in [2.75, 3.05) is 11.5 Å². The van der Waals surface area contributed by atoms with E-state index in [9.17, 15) is 0 Å². The van der Waals surface area contributed by atoms with Crippen LogP contribution in [0.2, 0.25) is 0 Å². The van der Waals surface area contributed by atoms with Crippen LogP contribution in [-0.2, 0) is 0 Å². The number of aromatic nitrogens is 2. The number of nitrogen functional groups attached to an aromatic ring is 2. The molecule has 0 aliphatic heterocycles. The molecule has 0 amide bonds. The van der Waals surface area contributed by atoms with Crippen LogP contribution in [0.4, 0.5) is 11.4 Å². The molecule has 0 spiro atoms. The molecule has 3 rings (SSSR count). The van der Waals surface area contributed by atoms with Gasteiger partial charge in [0.2, 0.25) is 0 Å². The maximum atomic E-state index is 5.70. The van der Waals surface area contributed by atoms with Gasteiger partial charge in [-0.2, -0.15) is 0 Å². The van der Waals surface area contributed by atoms with E-state index in [1.54, 1.807) is 43.0 Å². The highest BCUT2D eigenvalue weighted by molar-refractivity contribution is 5.45. The summed E-state index contributed by atoms with van der Waals surface area (Å²) in [6, 6.07) is 10.6. The van der Waals surface area contributed by atoms with Crippen molar-refractivity contribution in [1.82, 2.24) is 9.97 Å². The second kappa shape index (κ2) is 6.01. The van der Waals surface area contributed by atoms with Crippen molar-refractivity contribution in [3.63, 3.8) is 0 Å². The molecule has 0 atom stereocenters. The number of hydrogen-bond acceptors (Lipinski definition) is 6. The molecule has 0 aliphatic carbocycles. The van der Waals surface area contributed by atoms with Crippen LogP contribution >= 0.6 is 0 Å². The molecule has 0 unspecified atom stereocenters. The van der Waals surface area contributed by atoms with Gasteiger partial charge in [0.25, 0.3) is 0 Å². The van der Waals surface area contributed by atoms with Gasteiger partial charge < -0.3 is 20.9 Å². The van der Waals surface area contributed by atoms with Gasteiger partial charge in [0.1, 0.15) is 23.0 Å². The molecular weight excluding hydrogens is 280 g/mol. The molecule has 6 heteroatoms. The van der Waals surface area contributed by atoms with Gasteiger partial charge >= 0.3 is 0 Å². The van der Waals surface area contributed by atoms with Crippen molar-refractivity contribution < 1.29 is 9.47 Å². The van der Waals surface area contributed by atoms with Crippen molar-refractivity contribution >= 4 is 11.4 Å². The lowest BCUT2D eigenvalue weighted by Gasteiger charge is -2.09. The van der Waals surface area contributed by atoms with Gasteiger partial charge in [0, 0.05) is 18.2 Å². The number of pyridine rings is 2. The number of anilines is 2. The topological polar surface area (TPSA) is 96.3 Å². The molecule has 2 aromatic heterocycles. The fourth-order valence-electron chi connectivity index (χ4n) is 1.86. The van der Waals surface area contributed by atoms with E-state index in [-0.39, 0.29) is 0 Å². The predicted octanol–water partition coefficient (Wildman–Crippen LogP) is 3.23. The summed E-state index contributed by atoms with van der Waals surface area (Å²) in [5.41, 5.74) is 12.4. The van der Waals surface area contributed by atoms with E-state index in [4.69, 9.17) is 20.9 Å². The van der Waals surface area contributed by atoms with Crippen molar-refractivity contribution in [1.29, 1.82) is 0 Å². The lowest BCUT2D eigenvalue weighted by molar-refractivity contribution is 0.458. The molecule has 110 valence electrons. The Bertz CT molecular complexity index is 730. The van der Waals surface area contributed by atoms with Crippen molar-refractivity contribution in [3.05, 3.63) is 61.2 Å². The van der Waals surface area contributed by atoms with E-state index in [2.05, 4.69) is 9.97 Å². The predicted molar refractivity (Wildman–Crippen MR) is 83.9 cm³/mol. The van der Waals surface area contributed by atoms with Crippen LogP contribution in [0.1, 0.15) is 0 Å². The largest absolute Gasteiger partial charge is 0.456 e. The third kappa shape index (κ3) is 3.43. The SMILES string of the molecule is Nc1cncc(Oc2cccc(Oc3cncc(N)c3)c2)c1. The minimum Gasteiger partial charge on any atom is -0.456 e. The van der Waals surface area contributed by atoms with Crippen LogP contribution < -0.4 is 20.9 Å². The standard InChI is InChI=1S/C16H14N4O2/c17-11-4-15(9-19-7-11)21-13-2-1-3-14(6-13)22-16-5-12(18)8-20-10-16/h1-10H,17-18H2. The second-order valence-corrected chi connectivity index (χ2v) is 4.59. The number of rotatable bonds is 4. The van der Waals surface area contributed by atoms with Crippen molar-refractivity contribution in [2.45, 2.75) is 0 Å². The Morgan fingerprint density at radius 3 is 1.59 bits per heavy atom. The van der Waals surface area contributed by atoms with Crippen LogP contribution in [0.3, 0.4) is 0 Å². The zero-order valence-corrected chi connectivity index (χ0v) is 11.6. The summed E-state index contributed by atoms with van der Waals surface area (Å²) in [6.45, 7) is 0. The molecule has 6 nitrogen and oxygen atoms in total. The van der Waals surface area contributed by atoms with Crippen LogP contribution in [0.25, 0.3) is 0 Å². The Labute approximate surface area is 127 Å². The van der Waals surface area contributed by atoms with E-state index in [1.165, 1.54) is 0 Å². The minimum atomic E-state index is 0.538. The van der Waals surface area contributed by atoms with Gasteiger partial charge in [-0.25, -0.2) is 0 Å². The smallest absolute Gasteiger partial charge is 0.147 e. The quantitative estimate of drug-likeness (QED) is 0.767. The first-order valence-electron chi connectivity index (χ1n) is 6.56. The molecule has 0 bridgehead atoms. The lowest BCUT2D eigenvalue weighted by atomic mass is 10.3. The first kappa shape index (κ1) is 13.7. The number of benzene rings is 1. The molecule has 22 heavy (non-hydrogen) atoms. The summed E-state index contributed by atoms with van der Waals surface area (Å²) in [7, 11) is 0. The van der Waals surface area contributed by atoms with Crippen molar-refractivity contribution in [3.8, 4) is 23.0 Å². The highest BCUT2D eigenvalue weighted by Gasteiger charge is 2.03. The third-order valence-electron chi connectivity index (χ3n) is 2.75. The average Bonchev–Trinajstić information content (AvgIpc) is 2.47. The van der Waals surface area contributed by atoms with Gasteiger partial charge in [-0.15, -0.1) is 0 Å². The molecule has 0 saturated heterocycles. The molecule has 3 aromatic rings. The number of hydrogen-bond donors (Lipinski definition) is 2. The summed E-state index contributed by atoms with van der Waals surface area (Å²) >= 11 is 0. The Hall–Kier alpha value is -3.28. The Kier molecular flexibility index (Phi) is 3.74. The molecule has 2 heterocycles. The highest BCUT2D eigenvalue weighted by atomic mass is 16.5. The van der Waals surface area contributed by atoms with Gasteiger partial charge in [-0.05, 0) is 12.1 Å². The molecule has 0 aliphatic rings. The monoisotopic (exact) mass is 294 g/mol.